The number of phenolic OH excluding ortho intramolecular Hbond substituents is 1. The number of likely N-dealkylation sites (tertiary alicyclic amines) is 1. The van der Waals surface area contributed by atoms with E-state index in [1.165, 1.54) is 29.2 Å². The SMILES string of the molecule is O=C(NCCC(O)C(O)C1CN(C(=O)c2ccc(F)c(F)c2Nc2ccc(I)cc2F)C1)c1ccccc1O. The van der Waals surface area contributed by atoms with Crippen LogP contribution in [0.2, 0.25) is 0 Å². The highest BCUT2D eigenvalue weighted by atomic mass is 127. The molecule has 1 aliphatic heterocycles. The lowest BCUT2D eigenvalue weighted by molar-refractivity contribution is -0.0627. The van der Waals surface area contributed by atoms with E-state index in [1.54, 1.807) is 18.2 Å². The van der Waals surface area contributed by atoms with Crippen molar-refractivity contribution in [1.29, 1.82) is 0 Å². The van der Waals surface area contributed by atoms with Gasteiger partial charge in [0.2, 0.25) is 0 Å². The Balaban J connectivity index is 1.34. The summed E-state index contributed by atoms with van der Waals surface area (Å²) >= 11 is 1.90. The second kappa shape index (κ2) is 12.2. The number of amides is 2. The molecule has 3 aromatic carbocycles. The maximum atomic E-state index is 14.7. The molecule has 4 rings (SSSR count). The van der Waals surface area contributed by atoms with Crippen LogP contribution >= 0.6 is 22.6 Å². The van der Waals surface area contributed by atoms with Crippen LogP contribution in [-0.4, -0.2) is 63.9 Å². The van der Waals surface area contributed by atoms with Crippen LogP contribution in [0.5, 0.6) is 5.75 Å². The second-order valence-electron chi connectivity index (χ2n) is 9.12. The first kappa shape index (κ1) is 28.6. The number of nitrogens with one attached hydrogen (secondary N) is 2. The predicted octanol–water partition coefficient (Wildman–Crippen LogP) is 3.77. The quantitative estimate of drug-likeness (QED) is 0.224. The van der Waals surface area contributed by atoms with Crippen molar-refractivity contribution >= 4 is 45.8 Å². The summed E-state index contributed by atoms with van der Waals surface area (Å²) in [6.45, 7) is 0.106. The summed E-state index contributed by atoms with van der Waals surface area (Å²) in [6, 6.07) is 12.0. The van der Waals surface area contributed by atoms with Gasteiger partial charge in [-0.2, -0.15) is 0 Å². The van der Waals surface area contributed by atoms with Crippen LogP contribution in [0.1, 0.15) is 27.1 Å². The van der Waals surface area contributed by atoms with Crippen molar-refractivity contribution in [2.24, 2.45) is 5.92 Å². The van der Waals surface area contributed by atoms with Crippen molar-refractivity contribution in [2.45, 2.75) is 18.6 Å². The average Bonchev–Trinajstić information content (AvgIpc) is 2.87. The number of hydrogen-bond donors (Lipinski definition) is 5. The van der Waals surface area contributed by atoms with E-state index in [1.807, 2.05) is 22.6 Å². The maximum absolute atomic E-state index is 14.7. The third-order valence-corrected chi connectivity index (χ3v) is 7.14. The topological polar surface area (TPSA) is 122 Å². The molecule has 2 unspecified atom stereocenters. The fourth-order valence-electron chi connectivity index (χ4n) is 4.22. The molecule has 206 valence electrons. The molecule has 0 radical (unpaired) electrons. The Morgan fingerprint density at radius 3 is 2.41 bits per heavy atom. The lowest BCUT2D eigenvalue weighted by atomic mass is 9.88. The maximum Gasteiger partial charge on any atom is 0.256 e. The van der Waals surface area contributed by atoms with E-state index in [0.717, 1.165) is 12.1 Å². The van der Waals surface area contributed by atoms with E-state index in [0.29, 0.717) is 3.57 Å². The van der Waals surface area contributed by atoms with Gasteiger partial charge < -0.3 is 30.9 Å². The number of aliphatic hydroxyl groups excluding tert-OH is 2. The Labute approximate surface area is 235 Å². The summed E-state index contributed by atoms with van der Waals surface area (Å²) in [5.41, 5.74) is -0.781. The molecule has 1 saturated heterocycles. The van der Waals surface area contributed by atoms with Crippen molar-refractivity contribution < 1.29 is 38.1 Å². The van der Waals surface area contributed by atoms with Crippen LogP contribution in [0, 0.1) is 26.9 Å². The molecule has 0 aliphatic carbocycles. The molecule has 0 aromatic heterocycles. The fraction of sp³-hybridized carbons (Fsp3) is 0.259. The van der Waals surface area contributed by atoms with Gasteiger partial charge >= 0.3 is 0 Å². The number of phenols is 1. The van der Waals surface area contributed by atoms with Crippen LogP contribution in [-0.2, 0) is 0 Å². The first-order valence-electron chi connectivity index (χ1n) is 12.0. The third-order valence-electron chi connectivity index (χ3n) is 6.46. The minimum atomic E-state index is -1.34. The molecule has 3 aromatic rings. The van der Waals surface area contributed by atoms with Crippen LogP contribution in [0.4, 0.5) is 24.5 Å². The normalized spacial score (nSPS) is 14.9. The number of hydrogen-bond acceptors (Lipinski definition) is 6. The van der Waals surface area contributed by atoms with Gasteiger partial charge in [0.25, 0.3) is 11.8 Å². The molecule has 39 heavy (non-hydrogen) atoms. The number of aliphatic hydroxyl groups is 2. The molecule has 2 amide bonds. The number of rotatable bonds is 9. The van der Waals surface area contributed by atoms with Crippen molar-refractivity contribution in [3.63, 3.8) is 0 Å². The number of nitrogens with zero attached hydrogens (tertiary/aromatic N) is 1. The van der Waals surface area contributed by atoms with Crippen LogP contribution < -0.4 is 10.6 Å². The van der Waals surface area contributed by atoms with Gasteiger partial charge in [0.1, 0.15) is 11.6 Å². The molecule has 0 bridgehead atoms. The molecule has 8 nitrogen and oxygen atoms in total. The van der Waals surface area contributed by atoms with Crippen LogP contribution in [0.15, 0.2) is 54.6 Å². The standard InChI is InChI=1S/C27H25F3IN3O5/c28-18-7-6-17(24(23(18)30)33-20-8-5-15(31)11-19(20)29)27(39)34-12-14(13-34)25(37)22(36)9-10-32-26(38)16-3-1-2-4-21(16)35/h1-8,11,14,22,25,33,35-37H,9-10,12-13H2,(H,32,38). The summed E-state index contributed by atoms with van der Waals surface area (Å²) in [6.07, 6.45) is -2.40. The monoisotopic (exact) mass is 655 g/mol. The van der Waals surface area contributed by atoms with Gasteiger partial charge in [-0.25, -0.2) is 13.2 Å². The number of carbonyl (C=O) groups excluding carboxylic acids is 2. The first-order valence-corrected chi connectivity index (χ1v) is 13.1. The van der Waals surface area contributed by atoms with E-state index in [2.05, 4.69) is 10.6 Å². The number of halogens is 4. The summed E-state index contributed by atoms with van der Waals surface area (Å²) in [7, 11) is 0. The molecule has 1 aliphatic rings. The number of para-hydroxylation sites is 1. The first-order chi connectivity index (χ1) is 18.6. The summed E-state index contributed by atoms with van der Waals surface area (Å²) in [4.78, 5) is 26.5. The lowest BCUT2D eigenvalue weighted by Gasteiger charge is -2.43. The second-order valence-corrected chi connectivity index (χ2v) is 10.4. The summed E-state index contributed by atoms with van der Waals surface area (Å²) < 4.78 is 43.6. The Hall–Kier alpha value is -3.36. The van der Waals surface area contributed by atoms with Gasteiger partial charge in [-0.05, 0) is 71.5 Å². The Bertz CT molecular complexity index is 1390. The van der Waals surface area contributed by atoms with Gasteiger partial charge in [-0.1, -0.05) is 12.1 Å². The number of aromatic hydroxyl groups is 1. The van der Waals surface area contributed by atoms with Crippen LogP contribution in [0.3, 0.4) is 0 Å². The largest absolute Gasteiger partial charge is 0.507 e. The van der Waals surface area contributed by atoms with Gasteiger partial charge in [-0.15, -0.1) is 0 Å². The van der Waals surface area contributed by atoms with E-state index >= 15 is 0 Å². The fourth-order valence-corrected chi connectivity index (χ4v) is 4.67. The highest BCUT2D eigenvalue weighted by Crippen LogP contribution is 2.32. The van der Waals surface area contributed by atoms with E-state index in [9.17, 15) is 38.1 Å². The highest BCUT2D eigenvalue weighted by molar-refractivity contribution is 14.1. The Morgan fingerprint density at radius 2 is 1.72 bits per heavy atom. The predicted molar refractivity (Wildman–Crippen MR) is 145 cm³/mol. The summed E-state index contributed by atoms with van der Waals surface area (Å²) in [5, 5.41) is 35.7. The van der Waals surface area contributed by atoms with Gasteiger partial charge in [-0.3, -0.25) is 9.59 Å². The van der Waals surface area contributed by atoms with E-state index in [4.69, 9.17) is 0 Å². The Kier molecular flexibility index (Phi) is 8.97. The minimum absolute atomic E-state index is 0.0176. The zero-order valence-corrected chi connectivity index (χ0v) is 22.5. The number of carbonyl (C=O) groups is 2. The van der Waals surface area contributed by atoms with Gasteiger partial charge in [0, 0.05) is 29.1 Å². The van der Waals surface area contributed by atoms with E-state index < -0.39 is 53.1 Å². The molecule has 12 heteroatoms. The minimum Gasteiger partial charge on any atom is -0.507 e. The average molecular weight is 655 g/mol. The van der Waals surface area contributed by atoms with Crippen molar-refractivity contribution in [3.05, 3.63) is 86.7 Å². The third kappa shape index (κ3) is 6.45. The molecule has 0 saturated carbocycles. The van der Waals surface area contributed by atoms with Crippen LogP contribution in [0.25, 0.3) is 0 Å². The molecule has 2 atom stereocenters. The molecule has 0 spiro atoms. The van der Waals surface area contributed by atoms with Gasteiger partial charge in [0.05, 0.1) is 34.7 Å². The molecule has 1 heterocycles. The lowest BCUT2D eigenvalue weighted by Crippen LogP contribution is -2.57. The molecule has 5 N–H and O–H groups in total. The zero-order valence-electron chi connectivity index (χ0n) is 20.4. The van der Waals surface area contributed by atoms with Crippen molar-refractivity contribution in [1.82, 2.24) is 10.2 Å². The number of benzene rings is 3. The molecular formula is C27H25F3IN3O5. The summed E-state index contributed by atoms with van der Waals surface area (Å²) in [5.74, 6) is -5.12. The van der Waals surface area contributed by atoms with Crippen molar-refractivity contribution in [3.8, 4) is 5.75 Å². The smallest absolute Gasteiger partial charge is 0.256 e. The van der Waals surface area contributed by atoms with Gasteiger partial charge in [0.15, 0.2) is 11.6 Å². The number of anilines is 2. The van der Waals surface area contributed by atoms with E-state index in [-0.39, 0.29) is 48.6 Å². The Morgan fingerprint density at radius 1 is 1.00 bits per heavy atom. The molecular weight excluding hydrogens is 630 g/mol. The zero-order chi connectivity index (χ0) is 28.3. The molecule has 1 fully saturated rings. The highest BCUT2D eigenvalue weighted by Gasteiger charge is 2.39. The van der Waals surface area contributed by atoms with Crippen molar-refractivity contribution in [2.75, 3.05) is 25.0 Å².